The van der Waals surface area contributed by atoms with Crippen LogP contribution in [0.1, 0.15) is 11.3 Å². The molecule has 1 amide bonds. The van der Waals surface area contributed by atoms with Crippen LogP contribution in [0.2, 0.25) is 0 Å². The molecule has 4 rings (SSSR count). The second kappa shape index (κ2) is 7.42. The Balaban J connectivity index is 1.39. The van der Waals surface area contributed by atoms with Crippen LogP contribution in [-0.2, 0) is 17.5 Å². The predicted molar refractivity (Wildman–Crippen MR) is 105 cm³/mol. The van der Waals surface area contributed by atoms with E-state index in [9.17, 15) is 18.0 Å². The number of halogens is 3. The van der Waals surface area contributed by atoms with Crippen LogP contribution < -0.4 is 4.90 Å². The van der Waals surface area contributed by atoms with Crippen LogP contribution in [-0.4, -0.2) is 46.5 Å². The molecule has 8 heteroatoms. The van der Waals surface area contributed by atoms with Gasteiger partial charge in [0, 0.05) is 43.6 Å². The highest BCUT2D eigenvalue weighted by molar-refractivity contribution is 5.84. The molecule has 3 aromatic rings. The van der Waals surface area contributed by atoms with E-state index in [4.69, 9.17) is 0 Å². The summed E-state index contributed by atoms with van der Waals surface area (Å²) in [5, 5.41) is 1.11. The Morgan fingerprint density at radius 1 is 1.07 bits per heavy atom. The van der Waals surface area contributed by atoms with Crippen LogP contribution in [0.5, 0.6) is 0 Å². The minimum atomic E-state index is -4.39. The fraction of sp³-hybridized carbons (Fsp3) is 0.333. The molecule has 0 spiro atoms. The lowest BCUT2D eigenvalue weighted by Crippen LogP contribution is -2.49. The number of alkyl halides is 3. The van der Waals surface area contributed by atoms with E-state index in [0.717, 1.165) is 28.9 Å². The van der Waals surface area contributed by atoms with E-state index in [2.05, 4.69) is 11.1 Å². The molecule has 1 fully saturated rings. The summed E-state index contributed by atoms with van der Waals surface area (Å²) in [5.74, 6) is 0.534. The number of fused-ring (bicyclic) bond motifs is 1. The molecule has 152 valence electrons. The number of nitrogens with zero attached hydrogens (tertiary/aromatic N) is 4. The lowest BCUT2D eigenvalue weighted by Gasteiger charge is -2.35. The zero-order valence-corrected chi connectivity index (χ0v) is 16.0. The van der Waals surface area contributed by atoms with Crippen molar-refractivity contribution < 1.29 is 18.0 Å². The highest BCUT2D eigenvalue weighted by Gasteiger charge is 2.31. The minimum absolute atomic E-state index is 0.0366. The highest BCUT2D eigenvalue weighted by Crippen LogP contribution is 2.29. The molecular formula is C21H21F3N4O. The van der Waals surface area contributed by atoms with Crippen LogP contribution >= 0.6 is 0 Å². The van der Waals surface area contributed by atoms with E-state index in [1.165, 1.54) is 6.07 Å². The zero-order valence-electron chi connectivity index (χ0n) is 16.0. The van der Waals surface area contributed by atoms with Gasteiger partial charge in [-0.2, -0.15) is 13.2 Å². The summed E-state index contributed by atoms with van der Waals surface area (Å²) in [6.07, 6.45) is -3.54. The first kappa shape index (κ1) is 19.3. The van der Waals surface area contributed by atoms with E-state index in [1.54, 1.807) is 4.90 Å². The number of pyridine rings is 1. The van der Waals surface area contributed by atoms with Gasteiger partial charge >= 0.3 is 6.18 Å². The van der Waals surface area contributed by atoms with Crippen LogP contribution in [0.25, 0.3) is 10.9 Å². The Morgan fingerprint density at radius 2 is 1.79 bits per heavy atom. The van der Waals surface area contributed by atoms with Gasteiger partial charge in [-0.05, 0) is 36.6 Å². The SMILES string of the molecule is Cc1cc2ccccc2n1CC(=O)N1CCN(c2ccc(C(F)(F)F)cn2)CC1. The fourth-order valence-electron chi connectivity index (χ4n) is 3.72. The lowest BCUT2D eigenvalue weighted by atomic mass is 10.2. The first-order valence-corrected chi connectivity index (χ1v) is 9.44. The Hall–Kier alpha value is -3.03. The van der Waals surface area contributed by atoms with Gasteiger partial charge < -0.3 is 14.4 Å². The van der Waals surface area contributed by atoms with Crippen molar-refractivity contribution in [3.8, 4) is 0 Å². The van der Waals surface area contributed by atoms with Crippen molar-refractivity contribution in [3.63, 3.8) is 0 Å². The number of aryl methyl sites for hydroxylation is 1. The van der Waals surface area contributed by atoms with Gasteiger partial charge in [-0.15, -0.1) is 0 Å². The number of hydrogen-bond acceptors (Lipinski definition) is 3. The predicted octanol–water partition coefficient (Wildman–Crippen LogP) is 3.71. The second-order valence-electron chi connectivity index (χ2n) is 7.20. The third-order valence-electron chi connectivity index (χ3n) is 5.34. The monoisotopic (exact) mass is 402 g/mol. The number of rotatable bonds is 3. The Bertz CT molecular complexity index is 1020. The molecule has 0 aliphatic carbocycles. The van der Waals surface area contributed by atoms with Gasteiger partial charge in [-0.3, -0.25) is 4.79 Å². The highest BCUT2D eigenvalue weighted by atomic mass is 19.4. The zero-order chi connectivity index (χ0) is 20.6. The molecule has 2 aromatic heterocycles. The summed E-state index contributed by atoms with van der Waals surface area (Å²) < 4.78 is 40.1. The first-order chi connectivity index (χ1) is 13.8. The number of para-hydroxylation sites is 1. The lowest BCUT2D eigenvalue weighted by molar-refractivity contribution is -0.138. The summed E-state index contributed by atoms with van der Waals surface area (Å²) in [6, 6.07) is 12.5. The molecule has 1 aliphatic rings. The van der Waals surface area contributed by atoms with Crippen LogP contribution in [0.4, 0.5) is 19.0 Å². The van der Waals surface area contributed by atoms with E-state index >= 15 is 0 Å². The fourth-order valence-corrected chi connectivity index (χ4v) is 3.72. The Labute approximate surface area is 166 Å². The molecule has 0 atom stereocenters. The second-order valence-corrected chi connectivity index (χ2v) is 7.20. The van der Waals surface area contributed by atoms with Gasteiger partial charge in [0.2, 0.25) is 5.91 Å². The number of hydrogen-bond donors (Lipinski definition) is 0. The van der Waals surface area contributed by atoms with Crippen molar-refractivity contribution in [2.45, 2.75) is 19.6 Å². The number of anilines is 1. The number of carbonyl (C=O) groups is 1. The maximum atomic E-state index is 12.8. The molecule has 0 unspecified atom stereocenters. The van der Waals surface area contributed by atoms with Gasteiger partial charge in [-0.1, -0.05) is 18.2 Å². The van der Waals surface area contributed by atoms with Crippen LogP contribution in [0.15, 0.2) is 48.7 Å². The van der Waals surface area contributed by atoms with E-state index < -0.39 is 11.7 Å². The molecule has 5 nitrogen and oxygen atoms in total. The Kier molecular flexibility index (Phi) is 4.94. The van der Waals surface area contributed by atoms with Gasteiger partial charge in [0.05, 0.1) is 5.56 Å². The van der Waals surface area contributed by atoms with E-state index in [0.29, 0.717) is 32.0 Å². The standard InChI is InChI=1S/C21H21F3N4O/c1-15-12-16-4-2-3-5-18(16)28(15)14-20(29)27-10-8-26(9-11-27)19-7-6-17(13-25-19)21(22,23)24/h2-7,12-13H,8-11,14H2,1H3. The molecule has 29 heavy (non-hydrogen) atoms. The van der Waals surface area contributed by atoms with Crippen molar-refractivity contribution in [1.29, 1.82) is 0 Å². The number of benzene rings is 1. The molecular weight excluding hydrogens is 381 g/mol. The van der Waals surface area contributed by atoms with Crippen molar-refractivity contribution in [3.05, 3.63) is 59.9 Å². The average molecular weight is 402 g/mol. The maximum absolute atomic E-state index is 12.8. The summed E-state index contributed by atoms with van der Waals surface area (Å²) >= 11 is 0. The molecule has 0 radical (unpaired) electrons. The molecule has 0 N–H and O–H groups in total. The summed E-state index contributed by atoms with van der Waals surface area (Å²) in [4.78, 5) is 20.5. The molecule has 0 saturated carbocycles. The Morgan fingerprint density at radius 3 is 2.45 bits per heavy atom. The molecule has 1 aliphatic heterocycles. The molecule has 0 bridgehead atoms. The summed E-state index contributed by atoms with van der Waals surface area (Å²) in [6.45, 7) is 4.37. The number of carbonyl (C=O) groups excluding carboxylic acids is 1. The largest absolute Gasteiger partial charge is 0.417 e. The normalized spacial score (nSPS) is 15.2. The quantitative estimate of drug-likeness (QED) is 0.671. The van der Waals surface area contributed by atoms with Gasteiger partial charge in [0.1, 0.15) is 12.4 Å². The third-order valence-corrected chi connectivity index (χ3v) is 5.34. The van der Waals surface area contributed by atoms with Crippen molar-refractivity contribution in [2.24, 2.45) is 0 Å². The number of amides is 1. The number of aromatic nitrogens is 2. The molecule has 1 aromatic carbocycles. The molecule has 1 saturated heterocycles. The minimum Gasteiger partial charge on any atom is -0.353 e. The summed E-state index contributed by atoms with van der Waals surface area (Å²) in [5.41, 5.74) is 1.31. The van der Waals surface area contributed by atoms with Gasteiger partial charge in [-0.25, -0.2) is 4.98 Å². The smallest absolute Gasteiger partial charge is 0.353 e. The van der Waals surface area contributed by atoms with E-state index in [-0.39, 0.29) is 12.5 Å². The molecule has 3 heterocycles. The van der Waals surface area contributed by atoms with E-state index in [1.807, 2.05) is 40.7 Å². The van der Waals surface area contributed by atoms with Gasteiger partial charge in [0.25, 0.3) is 0 Å². The van der Waals surface area contributed by atoms with Crippen molar-refractivity contribution in [1.82, 2.24) is 14.5 Å². The number of piperazine rings is 1. The average Bonchev–Trinajstić information content (AvgIpc) is 3.03. The van der Waals surface area contributed by atoms with Crippen molar-refractivity contribution in [2.75, 3.05) is 31.1 Å². The van der Waals surface area contributed by atoms with Crippen LogP contribution in [0.3, 0.4) is 0 Å². The third kappa shape index (κ3) is 3.92. The van der Waals surface area contributed by atoms with Crippen molar-refractivity contribution >= 4 is 22.6 Å². The first-order valence-electron chi connectivity index (χ1n) is 9.44. The summed E-state index contributed by atoms with van der Waals surface area (Å²) in [7, 11) is 0. The topological polar surface area (TPSA) is 41.4 Å². The van der Waals surface area contributed by atoms with Gasteiger partial charge in [0.15, 0.2) is 0 Å². The maximum Gasteiger partial charge on any atom is 0.417 e. The van der Waals surface area contributed by atoms with Crippen LogP contribution in [0, 0.1) is 6.92 Å².